The van der Waals surface area contributed by atoms with E-state index >= 15 is 0 Å². The van der Waals surface area contributed by atoms with Crippen molar-refractivity contribution in [3.8, 4) is 0 Å². The van der Waals surface area contributed by atoms with Crippen molar-refractivity contribution in [1.29, 1.82) is 0 Å². The Kier molecular flexibility index (Phi) is 2.59. The van der Waals surface area contributed by atoms with Crippen LogP contribution in [0.4, 0.5) is 5.69 Å². The number of nitrogens with two attached hydrogens (primary N) is 1. The molecule has 2 rings (SSSR count). The summed E-state index contributed by atoms with van der Waals surface area (Å²) in [5.41, 5.74) is 7.53. The predicted octanol–water partition coefficient (Wildman–Crippen LogP) is 1.55. The van der Waals surface area contributed by atoms with Crippen LogP contribution in [0.5, 0.6) is 0 Å². The highest BCUT2D eigenvalue weighted by Gasteiger charge is 2.07. The van der Waals surface area contributed by atoms with Crippen LogP contribution in [0.3, 0.4) is 0 Å². The number of nitrogens with zero attached hydrogens (tertiary/aromatic N) is 3. The van der Waals surface area contributed by atoms with Crippen LogP contribution in [0.1, 0.15) is 11.4 Å². The smallest absolute Gasteiger partial charge is 0.214 e. The number of hydrogen-bond acceptors (Lipinski definition) is 5. The Morgan fingerprint density at radius 3 is 2.80 bits per heavy atom. The van der Waals surface area contributed by atoms with Crippen molar-refractivity contribution >= 4 is 17.4 Å². The Morgan fingerprint density at radius 2 is 2.20 bits per heavy atom. The lowest BCUT2D eigenvalue weighted by Crippen LogP contribution is -1.93. The van der Waals surface area contributed by atoms with Gasteiger partial charge in [-0.1, -0.05) is 0 Å². The minimum atomic E-state index is 0.635. The van der Waals surface area contributed by atoms with Gasteiger partial charge in [0, 0.05) is 6.20 Å². The second-order valence-corrected chi connectivity index (χ2v) is 4.17. The molecule has 5 nitrogen and oxygen atoms in total. The zero-order chi connectivity index (χ0) is 10.8. The van der Waals surface area contributed by atoms with E-state index in [1.54, 1.807) is 6.20 Å². The molecule has 0 atom stereocenters. The third-order valence-electron chi connectivity index (χ3n) is 1.78. The van der Waals surface area contributed by atoms with E-state index in [2.05, 4.69) is 20.2 Å². The van der Waals surface area contributed by atoms with Gasteiger partial charge in [0.15, 0.2) is 0 Å². The van der Waals surface area contributed by atoms with E-state index < -0.39 is 0 Å². The first-order valence-electron chi connectivity index (χ1n) is 4.44. The molecule has 0 fully saturated rings. The molecule has 6 heteroatoms. The van der Waals surface area contributed by atoms with Crippen LogP contribution in [0.25, 0.3) is 0 Å². The summed E-state index contributed by atoms with van der Waals surface area (Å²) in [4.78, 5) is 8.40. The minimum absolute atomic E-state index is 0.635. The first-order chi connectivity index (χ1) is 7.15. The van der Waals surface area contributed by atoms with Crippen LogP contribution in [0.15, 0.2) is 22.4 Å². The summed E-state index contributed by atoms with van der Waals surface area (Å²) in [6.45, 7) is 3.80. The molecule has 0 spiro atoms. The topological polar surface area (TPSA) is 80.5 Å². The molecule has 0 amide bonds. The summed E-state index contributed by atoms with van der Waals surface area (Å²) >= 11 is 1.35. The number of hydrogen-bond donors (Lipinski definition) is 2. The molecule has 0 unspecified atom stereocenters. The van der Waals surface area contributed by atoms with Crippen LogP contribution in [-0.4, -0.2) is 20.2 Å². The molecule has 0 aliphatic carbocycles. The predicted molar refractivity (Wildman–Crippen MR) is 58.6 cm³/mol. The van der Waals surface area contributed by atoms with E-state index in [4.69, 9.17) is 5.73 Å². The van der Waals surface area contributed by atoms with Gasteiger partial charge < -0.3 is 5.73 Å². The van der Waals surface area contributed by atoms with Gasteiger partial charge in [0.05, 0.1) is 5.69 Å². The van der Waals surface area contributed by atoms with Crippen LogP contribution in [0.2, 0.25) is 0 Å². The molecule has 0 bridgehead atoms. The van der Waals surface area contributed by atoms with Gasteiger partial charge in [-0.25, -0.2) is 9.97 Å². The van der Waals surface area contributed by atoms with Gasteiger partial charge in [0.25, 0.3) is 0 Å². The second-order valence-electron chi connectivity index (χ2n) is 3.21. The highest BCUT2D eigenvalue weighted by atomic mass is 32.2. The molecule has 2 aromatic heterocycles. The molecule has 15 heavy (non-hydrogen) atoms. The van der Waals surface area contributed by atoms with E-state index in [1.165, 1.54) is 11.8 Å². The molecule has 2 heterocycles. The molecule has 0 saturated carbocycles. The summed E-state index contributed by atoms with van der Waals surface area (Å²) in [6.07, 6.45) is 1.78. The van der Waals surface area contributed by atoms with Crippen molar-refractivity contribution in [2.75, 3.05) is 5.73 Å². The molecule has 0 aliphatic heterocycles. The fraction of sp³-hybridized carbons (Fsp3) is 0.222. The zero-order valence-corrected chi connectivity index (χ0v) is 9.30. The lowest BCUT2D eigenvalue weighted by Gasteiger charge is -2.01. The molecule has 3 N–H and O–H groups in total. The van der Waals surface area contributed by atoms with Crippen LogP contribution >= 0.6 is 11.8 Å². The largest absolute Gasteiger partial charge is 0.397 e. The highest BCUT2D eigenvalue weighted by Crippen LogP contribution is 2.27. The summed E-state index contributed by atoms with van der Waals surface area (Å²) in [5.74, 6) is 0.781. The fourth-order valence-corrected chi connectivity index (χ4v) is 1.85. The number of anilines is 1. The number of nitrogens with one attached hydrogen (secondary N) is 1. The first kappa shape index (κ1) is 9.97. The number of nitrogen functional groups attached to an aromatic ring is 1. The standard InChI is InChI=1S/C9H11N5S/c1-5-3-7(10)8(11-4-5)15-9-12-6(2)13-14-9/h3-4H,10H2,1-2H3,(H,12,13,14). The molecule has 0 aromatic carbocycles. The normalized spacial score (nSPS) is 10.5. The molecular formula is C9H11N5S. The number of pyridine rings is 1. The molecule has 78 valence electrons. The van der Waals surface area contributed by atoms with E-state index in [0.29, 0.717) is 10.8 Å². The Bertz CT molecular complexity index is 479. The Morgan fingerprint density at radius 1 is 1.40 bits per heavy atom. The summed E-state index contributed by atoms with van der Waals surface area (Å²) in [6, 6.07) is 1.88. The third-order valence-corrected chi connectivity index (χ3v) is 2.68. The number of rotatable bonds is 2. The van der Waals surface area contributed by atoms with Gasteiger partial charge in [0.2, 0.25) is 5.16 Å². The first-order valence-corrected chi connectivity index (χ1v) is 5.26. The van der Waals surface area contributed by atoms with Crippen molar-refractivity contribution < 1.29 is 0 Å². The van der Waals surface area contributed by atoms with E-state index in [0.717, 1.165) is 16.4 Å². The minimum Gasteiger partial charge on any atom is -0.397 e. The lowest BCUT2D eigenvalue weighted by atomic mass is 10.3. The maximum absolute atomic E-state index is 5.83. The maximum atomic E-state index is 5.83. The van der Waals surface area contributed by atoms with Crippen molar-refractivity contribution in [3.05, 3.63) is 23.7 Å². The number of aromatic nitrogens is 4. The number of aryl methyl sites for hydroxylation is 2. The van der Waals surface area contributed by atoms with Crippen molar-refractivity contribution in [1.82, 2.24) is 20.2 Å². The van der Waals surface area contributed by atoms with Crippen LogP contribution in [0, 0.1) is 13.8 Å². The Hall–Kier alpha value is -1.56. The second kappa shape index (κ2) is 3.90. The van der Waals surface area contributed by atoms with E-state index in [1.807, 2.05) is 19.9 Å². The van der Waals surface area contributed by atoms with Gasteiger partial charge in [-0.2, -0.15) is 0 Å². The van der Waals surface area contributed by atoms with Crippen molar-refractivity contribution in [3.63, 3.8) is 0 Å². The van der Waals surface area contributed by atoms with Gasteiger partial charge in [-0.3, -0.25) is 5.10 Å². The lowest BCUT2D eigenvalue weighted by molar-refractivity contribution is 0.964. The van der Waals surface area contributed by atoms with E-state index in [-0.39, 0.29) is 0 Å². The van der Waals surface area contributed by atoms with Crippen molar-refractivity contribution in [2.24, 2.45) is 0 Å². The van der Waals surface area contributed by atoms with Gasteiger partial charge in [-0.15, -0.1) is 5.10 Å². The Balaban J connectivity index is 2.24. The molecule has 0 aliphatic rings. The summed E-state index contributed by atoms with van der Waals surface area (Å²) < 4.78 is 0. The van der Waals surface area contributed by atoms with Crippen LogP contribution < -0.4 is 5.73 Å². The van der Waals surface area contributed by atoms with Crippen LogP contribution in [-0.2, 0) is 0 Å². The summed E-state index contributed by atoms with van der Waals surface area (Å²) in [7, 11) is 0. The molecule has 2 aromatic rings. The SMILES string of the molecule is Cc1cnc(Sc2n[nH]c(C)n2)c(N)c1. The number of aromatic amines is 1. The monoisotopic (exact) mass is 221 g/mol. The maximum Gasteiger partial charge on any atom is 0.214 e. The Labute approximate surface area is 91.5 Å². The molecule has 0 saturated heterocycles. The molecular weight excluding hydrogens is 210 g/mol. The average molecular weight is 221 g/mol. The van der Waals surface area contributed by atoms with E-state index in [9.17, 15) is 0 Å². The van der Waals surface area contributed by atoms with Gasteiger partial charge in [-0.05, 0) is 37.2 Å². The third kappa shape index (κ3) is 2.27. The molecule has 0 radical (unpaired) electrons. The highest BCUT2D eigenvalue weighted by molar-refractivity contribution is 7.99. The van der Waals surface area contributed by atoms with Gasteiger partial charge >= 0.3 is 0 Å². The number of H-pyrrole nitrogens is 1. The fourth-order valence-electron chi connectivity index (χ4n) is 1.12. The van der Waals surface area contributed by atoms with Gasteiger partial charge in [0.1, 0.15) is 10.9 Å². The summed E-state index contributed by atoms with van der Waals surface area (Å²) in [5, 5.41) is 8.15. The quantitative estimate of drug-likeness (QED) is 0.804. The van der Waals surface area contributed by atoms with Crippen molar-refractivity contribution in [2.45, 2.75) is 24.0 Å². The zero-order valence-electron chi connectivity index (χ0n) is 8.48. The average Bonchev–Trinajstić information content (AvgIpc) is 2.56.